The topological polar surface area (TPSA) is 165 Å². The molecule has 2 amide bonds. The standard InChI is InChI=1S/C23H26N2O4S.C18H18N2O2S.C16H20N2O2.ClH.H6P4/c1-16-9-11-17(12-10-16)30(27,28)25-20-8-6-5-7-18(20)19-15-24(14-13-21(19)25)22(26)29-23(2,3)4;1-13-6-8-14(9-7-13)23(21,22)20-17-5-3-2-4-15(17)16-12-19-11-10-18(16)20;1-16(2,3)20-15(19)18-9-8-14-12(10-18)11-6-4-5-7-13(11)17-14;;1-4(2)3/h5-12H,13-15H2,1-4H3;2-9,19H,10-12H2,1H3;4-7,17H,8-10H2,1-3H3;1H;1-3H2. The van der Waals surface area contributed by atoms with Crippen LogP contribution in [0, 0.1) is 13.8 Å². The average Bonchev–Trinajstić information content (AvgIpc) is 4.04. The number of aromatic amines is 1. The number of rotatable bonds is 4. The zero-order valence-corrected chi connectivity index (χ0v) is 52.2. The van der Waals surface area contributed by atoms with E-state index in [9.17, 15) is 26.4 Å². The molecule has 0 fully saturated rings. The summed E-state index contributed by atoms with van der Waals surface area (Å²) in [5.74, 6) is 0. The van der Waals surface area contributed by atoms with Crippen LogP contribution in [0.25, 0.3) is 32.7 Å². The first-order valence-corrected chi connectivity index (χ1v) is 34.6. The van der Waals surface area contributed by atoms with Crippen LogP contribution in [0.1, 0.15) is 86.4 Å². The highest BCUT2D eigenvalue weighted by atomic mass is 35.5. The van der Waals surface area contributed by atoms with Crippen molar-refractivity contribution in [3.05, 3.63) is 166 Å². The summed E-state index contributed by atoms with van der Waals surface area (Å²) in [5, 5.41) is 6.40. The Bertz CT molecular complexity index is 3680. The van der Waals surface area contributed by atoms with Gasteiger partial charge in [-0.3, -0.25) is 0 Å². The lowest BCUT2D eigenvalue weighted by atomic mass is 10.1. The van der Waals surface area contributed by atoms with Gasteiger partial charge in [-0.15, -0.1) is 39.2 Å². The first kappa shape index (κ1) is 60.8. The van der Waals surface area contributed by atoms with Gasteiger partial charge in [-0.25, -0.2) is 34.4 Å². The Kier molecular flexibility index (Phi) is 19.4. The number of aromatic nitrogens is 3. The maximum absolute atomic E-state index is 13.6. The van der Waals surface area contributed by atoms with E-state index in [4.69, 9.17) is 9.47 Å². The van der Waals surface area contributed by atoms with Crippen molar-refractivity contribution >= 4 is 111 Å². The summed E-state index contributed by atoms with van der Waals surface area (Å²) in [6.07, 6.45) is 1.40. The summed E-state index contributed by atoms with van der Waals surface area (Å²) >= 11 is 0. The van der Waals surface area contributed by atoms with E-state index in [1.807, 2.05) is 128 Å². The van der Waals surface area contributed by atoms with E-state index < -0.39 is 31.2 Å². The second-order valence-corrected chi connectivity index (χ2v) is 36.6. The number of hydrogen-bond acceptors (Lipinski definition) is 9. The average molecular weight is 1190 g/mol. The Labute approximate surface area is 473 Å². The fourth-order valence-corrected chi connectivity index (χ4v) is 13.0. The number of fused-ring (bicyclic) bond motifs is 9. The van der Waals surface area contributed by atoms with Crippen molar-refractivity contribution in [3.63, 3.8) is 0 Å². The number of aryl methyl sites for hydroxylation is 2. The van der Waals surface area contributed by atoms with Crippen molar-refractivity contribution in [2.24, 2.45) is 0 Å². The maximum Gasteiger partial charge on any atom is 0.410 e. The van der Waals surface area contributed by atoms with Gasteiger partial charge < -0.3 is 29.6 Å². The van der Waals surface area contributed by atoms with Crippen LogP contribution in [0.5, 0.6) is 0 Å². The summed E-state index contributed by atoms with van der Waals surface area (Å²) in [7, 11) is 0.588. The molecule has 6 heterocycles. The first-order chi connectivity index (χ1) is 36.3. The molecule has 3 aromatic heterocycles. The van der Waals surface area contributed by atoms with Crippen molar-refractivity contribution in [2.75, 3.05) is 19.6 Å². The van der Waals surface area contributed by atoms with Crippen LogP contribution in [0.4, 0.5) is 9.59 Å². The first-order valence-electron chi connectivity index (χ1n) is 25.5. The van der Waals surface area contributed by atoms with Crippen LogP contribution < -0.4 is 5.32 Å². The minimum absolute atomic E-state index is 0. The molecule has 0 spiro atoms. The quantitative estimate of drug-likeness (QED) is 0.163. The Morgan fingerprint density at radius 1 is 0.551 bits per heavy atom. The minimum Gasteiger partial charge on any atom is -0.444 e. The molecule has 11 rings (SSSR count). The van der Waals surface area contributed by atoms with Crippen molar-refractivity contribution in [1.29, 1.82) is 0 Å². The van der Waals surface area contributed by atoms with E-state index in [1.165, 1.54) is 20.6 Å². The third kappa shape index (κ3) is 13.8. The molecule has 0 saturated heterocycles. The van der Waals surface area contributed by atoms with Crippen molar-refractivity contribution < 1.29 is 35.9 Å². The van der Waals surface area contributed by atoms with Gasteiger partial charge in [-0.05, 0) is 110 Å². The molecule has 3 unspecified atom stereocenters. The fraction of sp³-hybridized carbons (Fsp3) is 0.333. The minimum atomic E-state index is -3.77. The summed E-state index contributed by atoms with van der Waals surface area (Å²) in [4.78, 5) is 32.2. The second-order valence-electron chi connectivity index (χ2n) is 21.4. The number of para-hydroxylation sites is 3. The molecule has 14 nitrogen and oxygen atoms in total. The molecule has 21 heteroatoms. The molecule has 416 valence electrons. The summed E-state index contributed by atoms with van der Waals surface area (Å²) in [6, 6.07) is 37.4. The molecule has 3 aliphatic rings. The molecule has 0 bridgehead atoms. The van der Waals surface area contributed by atoms with E-state index in [2.05, 4.69) is 49.2 Å². The number of nitrogens with one attached hydrogen (secondary N) is 2. The number of nitrogens with zero attached hydrogens (tertiary/aromatic N) is 4. The fourth-order valence-electron chi connectivity index (χ4n) is 9.78. The van der Waals surface area contributed by atoms with E-state index in [0.29, 0.717) is 49.6 Å². The normalized spacial score (nSPS) is 14.4. The van der Waals surface area contributed by atoms with Gasteiger partial charge in [-0.2, -0.15) is 0 Å². The van der Waals surface area contributed by atoms with Crippen LogP contribution in [0.3, 0.4) is 0 Å². The SMILES string of the molecule is CC(C)(C)OC(=O)N1CCc2[nH]c3ccccc3c2C1.Cc1ccc(S(=O)(=O)n2c3c(c4ccccc42)CN(C(=O)OC(C)(C)C)CC3)cc1.Cc1ccc(S(=O)(=O)n2c3c(c4ccccc42)CNCC3)cc1.Cl.PP(P)P. The third-order valence-electron chi connectivity index (χ3n) is 13.2. The molecular weight excluding hydrogens is 1120 g/mol. The van der Waals surface area contributed by atoms with Crippen LogP contribution in [0.2, 0.25) is 0 Å². The van der Waals surface area contributed by atoms with Gasteiger partial charge in [0.15, 0.2) is 0 Å². The molecule has 8 aromatic rings. The maximum atomic E-state index is 13.6. The zero-order chi connectivity index (χ0) is 55.6. The Morgan fingerprint density at radius 3 is 1.45 bits per heavy atom. The van der Waals surface area contributed by atoms with Crippen molar-refractivity contribution in [2.45, 2.75) is 115 Å². The predicted octanol–water partition coefficient (Wildman–Crippen LogP) is 13.0. The molecule has 0 saturated carbocycles. The lowest BCUT2D eigenvalue weighted by molar-refractivity contribution is 0.0214. The Morgan fingerprint density at radius 2 is 0.962 bits per heavy atom. The lowest BCUT2D eigenvalue weighted by Crippen LogP contribution is -2.40. The number of carbonyl (C=O) groups excluding carboxylic acids is 2. The number of carbonyl (C=O) groups is 2. The van der Waals surface area contributed by atoms with Gasteiger partial charge in [0.05, 0.1) is 33.9 Å². The van der Waals surface area contributed by atoms with E-state index in [1.54, 1.807) is 50.2 Å². The largest absolute Gasteiger partial charge is 0.444 e. The molecule has 2 N–H and O–H groups in total. The number of amides is 2. The van der Waals surface area contributed by atoms with Crippen molar-refractivity contribution in [3.8, 4) is 0 Å². The number of benzene rings is 5. The van der Waals surface area contributed by atoms with E-state index in [-0.39, 0.29) is 36.5 Å². The Hall–Kier alpha value is -4.87. The number of ether oxygens (including phenoxy) is 2. The van der Waals surface area contributed by atoms with Crippen LogP contribution in [-0.4, -0.2) is 82.6 Å². The van der Waals surface area contributed by atoms with Gasteiger partial charge in [-0.1, -0.05) is 90.0 Å². The highest BCUT2D eigenvalue weighted by Crippen LogP contribution is 2.60. The van der Waals surface area contributed by atoms with Crippen LogP contribution in [-0.2, 0) is 68.4 Å². The number of halogens is 1. The molecule has 78 heavy (non-hydrogen) atoms. The van der Waals surface area contributed by atoms with Gasteiger partial charge in [0.1, 0.15) is 11.2 Å². The van der Waals surface area contributed by atoms with Gasteiger partial charge in [0.25, 0.3) is 20.0 Å². The summed E-state index contributed by atoms with van der Waals surface area (Å²) < 4.78 is 67.6. The smallest absolute Gasteiger partial charge is 0.410 e. The predicted molar refractivity (Wildman–Crippen MR) is 329 cm³/mol. The van der Waals surface area contributed by atoms with E-state index in [0.717, 1.165) is 74.8 Å². The lowest BCUT2D eigenvalue weighted by Gasteiger charge is -2.30. The van der Waals surface area contributed by atoms with Gasteiger partial charge in [0.2, 0.25) is 0 Å². The second kappa shape index (κ2) is 24.9. The van der Waals surface area contributed by atoms with Crippen LogP contribution in [0.15, 0.2) is 131 Å². The molecule has 5 aromatic carbocycles. The monoisotopic (exact) mass is 1190 g/mol. The summed E-state index contributed by atoms with van der Waals surface area (Å²) in [6.45, 7) is 18.8. The highest BCUT2D eigenvalue weighted by molar-refractivity contribution is 8.65. The van der Waals surface area contributed by atoms with Crippen LogP contribution >= 0.6 is 46.2 Å². The molecular formula is C57H71ClN6O8P4S2. The molecule has 3 aliphatic heterocycles. The summed E-state index contributed by atoms with van der Waals surface area (Å²) in [5.41, 5.74) is 9.62. The molecule has 3 atom stereocenters. The van der Waals surface area contributed by atoms with E-state index >= 15 is 0 Å². The third-order valence-corrected chi connectivity index (χ3v) is 16.7. The molecule has 0 radical (unpaired) electrons. The van der Waals surface area contributed by atoms with Crippen molar-refractivity contribution in [1.82, 2.24) is 28.0 Å². The molecule has 0 aliphatic carbocycles. The van der Waals surface area contributed by atoms with Gasteiger partial charge in [0, 0.05) is 95.3 Å². The highest BCUT2D eigenvalue weighted by Gasteiger charge is 2.34. The Balaban J connectivity index is 0.000000166. The number of H-pyrrole nitrogens is 1. The number of hydrogen-bond donors (Lipinski definition) is 2. The zero-order valence-electron chi connectivity index (χ0n) is 45.4. The van der Waals surface area contributed by atoms with Gasteiger partial charge >= 0.3 is 12.2 Å².